The van der Waals surface area contributed by atoms with E-state index in [9.17, 15) is 4.79 Å². The van der Waals surface area contributed by atoms with Crippen molar-refractivity contribution in [3.63, 3.8) is 0 Å². The summed E-state index contributed by atoms with van der Waals surface area (Å²) >= 11 is 0. The number of hydrogen-bond acceptors (Lipinski definition) is 4. The van der Waals surface area contributed by atoms with Crippen LogP contribution in [0.4, 0.5) is 0 Å². The first-order chi connectivity index (χ1) is 11.3. The van der Waals surface area contributed by atoms with Crippen molar-refractivity contribution in [1.82, 2.24) is 14.9 Å². The minimum atomic E-state index is -0.00606. The summed E-state index contributed by atoms with van der Waals surface area (Å²) < 4.78 is 5.57. The van der Waals surface area contributed by atoms with E-state index in [1.165, 1.54) is 0 Å². The summed E-state index contributed by atoms with van der Waals surface area (Å²) in [6, 6.07) is 7.77. The maximum Gasteiger partial charge on any atom is 0.229 e. The highest BCUT2D eigenvalue weighted by atomic mass is 16.5. The molecule has 1 amide bonds. The second-order valence-corrected chi connectivity index (χ2v) is 5.75. The van der Waals surface area contributed by atoms with Gasteiger partial charge in [-0.2, -0.15) is 0 Å². The Labute approximate surface area is 136 Å². The first-order valence-corrected chi connectivity index (χ1v) is 7.96. The Morgan fingerprint density at radius 1 is 1.17 bits per heavy atom. The third-order valence-electron chi connectivity index (χ3n) is 3.96. The zero-order valence-corrected chi connectivity index (χ0v) is 13.3. The van der Waals surface area contributed by atoms with Crippen LogP contribution in [0.3, 0.4) is 0 Å². The molecular weight excluding hydrogens is 290 g/mol. The number of rotatable bonds is 7. The highest BCUT2D eigenvalue weighted by molar-refractivity contribution is 5.82. The first-order valence-electron chi connectivity index (χ1n) is 7.96. The molecule has 3 rings (SSSR count). The topological polar surface area (TPSA) is 55.3 Å². The number of nitrogens with zero attached hydrogens (tertiary/aromatic N) is 3. The molecule has 0 saturated heterocycles. The van der Waals surface area contributed by atoms with Gasteiger partial charge in [-0.3, -0.25) is 14.8 Å². The van der Waals surface area contributed by atoms with Gasteiger partial charge in [-0.1, -0.05) is 6.07 Å². The Morgan fingerprint density at radius 2 is 1.96 bits per heavy atom. The van der Waals surface area contributed by atoms with Crippen LogP contribution in [0, 0.1) is 5.92 Å². The minimum absolute atomic E-state index is 0.00606. The molecule has 1 fully saturated rings. The highest BCUT2D eigenvalue weighted by Crippen LogP contribution is 2.36. The quantitative estimate of drug-likeness (QED) is 0.788. The van der Waals surface area contributed by atoms with Crippen LogP contribution < -0.4 is 0 Å². The number of amides is 1. The Balaban J connectivity index is 1.72. The lowest BCUT2D eigenvalue weighted by Crippen LogP contribution is -2.32. The number of hydrogen-bond donors (Lipinski definition) is 0. The molecule has 1 saturated carbocycles. The Morgan fingerprint density at radius 3 is 2.65 bits per heavy atom. The van der Waals surface area contributed by atoms with Crippen molar-refractivity contribution in [1.29, 1.82) is 0 Å². The smallest absolute Gasteiger partial charge is 0.229 e. The molecule has 0 radical (unpaired) electrons. The molecule has 5 nitrogen and oxygen atoms in total. The van der Waals surface area contributed by atoms with Gasteiger partial charge in [0.2, 0.25) is 5.91 Å². The van der Waals surface area contributed by atoms with Gasteiger partial charge in [0.15, 0.2) is 0 Å². The SMILES string of the molecule is CCO[C@@H]1C[C@H]1C(=O)N(Cc1ccncc1)Cc1cccnc1. The van der Waals surface area contributed by atoms with Crippen molar-refractivity contribution >= 4 is 5.91 Å². The van der Waals surface area contributed by atoms with Crippen molar-refractivity contribution < 1.29 is 9.53 Å². The van der Waals surface area contributed by atoms with Crippen LogP contribution in [0.1, 0.15) is 24.5 Å². The maximum absolute atomic E-state index is 12.8. The van der Waals surface area contributed by atoms with E-state index in [4.69, 9.17) is 4.74 Å². The Kier molecular flexibility index (Phi) is 4.98. The highest BCUT2D eigenvalue weighted by Gasteiger charge is 2.45. The van der Waals surface area contributed by atoms with E-state index in [-0.39, 0.29) is 17.9 Å². The van der Waals surface area contributed by atoms with Crippen LogP contribution in [0.25, 0.3) is 0 Å². The van der Waals surface area contributed by atoms with Gasteiger partial charge in [-0.25, -0.2) is 0 Å². The lowest BCUT2D eigenvalue weighted by molar-refractivity contribution is -0.134. The van der Waals surface area contributed by atoms with E-state index in [1.807, 2.05) is 36.1 Å². The molecule has 2 aromatic heterocycles. The molecule has 0 unspecified atom stereocenters. The first kappa shape index (κ1) is 15.6. The van der Waals surface area contributed by atoms with Crippen LogP contribution in [-0.4, -0.2) is 33.5 Å². The number of pyridine rings is 2. The number of carbonyl (C=O) groups excluding carboxylic acids is 1. The van der Waals surface area contributed by atoms with Gasteiger partial charge in [-0.15, -0.1) is 0 Å². The molecule has 1 aliphatic carbocycles. The van der Waals surface area contributed by atoms with E-state index in [0.717, 1.165) is 17.5 Å². The molecule has 2 atom stereocenters. The number of aromatic nitrogens is 2. The van der Waals surface area contributed by atoms with Crippen molar-refractivity contribution in [2.45, 2.75) is 32.5 Å². The second kappa shape index (κ2) is 7.33. The Bertz CT molecular complexity index is 592. The van der Waals surface area contributed by atoms with E-state index < -0.39 is 0 Å². The predicted molar refractivity (Wildman–Crippen MR) is 86.2 cm³/mol. The van der Waals surface area contributed by atoms with E-state index in [0.29, 0.717) is 19.7 Å². The average molecular weight is 311 g/mol. The molecule has 0 N–H and O–H groups in total. The Hall–Kier alpha value is -2.27. The normalized spacial score (nSPS) is 19.3. The molecule has 0 aromatic carbocycles. The summed E-state index contributed by atoms with van der Waals surface area (Å²) in [7, 11) is 0. The maximum atomic E-state index is 12.8. The molecule has 5 heteroatoms. The van der Waals surface area contributed by atoms with Crippen LogP contribution in [0.15, 0.2) is 49.1 Å². The second-order valence-electron chi connectivity index (χ2n) is 5.75. The standard InChI is InChI=1S/C18H21N3O2/c1-2-23-17-10-16(17)18(22)21(12-14-5-8-19-9-6-14)13-15-4-3-7-20-11-15/h3-9,11,16-17H,2,10,12-13H2,1H3/t16-,17-/m1/s1. The summed E-state index contributed by atoms with van der Waals surface area (Å²) in [6.45, 7) is 3.75. The molecule has 1 aliphatic rings. The summed E-state index contributed by atoms with van der Waals surface area (Å²) in [6.07, 6.45) is 7.96. The number of carbonyl (C=O) groups is 1. The van der Waals surface area contributed by atoms with Crippen molar-refractivity contribution in [2.75, 3.05) is 6.61 Å². The molecule has 2 aromatic rings. The zero-order valence-electron chi connectivity index (χ0n) is 13.3. The summed E-state index contributed by atoms with van der Waals surface area (Å²) in [5.41, 5.74) is 2.11. The van der Waals surface area contributed by atoms with E-state index in [2.05, 4.69) is 9.97 Å². The number of ether oxygens (including phenoxy) is 1. The third-order valence-corrected chi connectivity index (χ3v) is 3.96. The van der Waals surface area contributed by atoms with Gasteiger partial charge >= 0.3 is 0 Å². The fourth-order valence-electron chi connectivity index (χ4n) is 2.70. The lowest BCUT2D eigenvalue weighted by atomic mass is 10.2. The van der Waals surface area contributed by atoms with Gasteiger partial charge in [0.05, 0.1) is 12.0 Å². The third kappa shape index (κ3) is 4.13. The van der Waals surface area contributed by atoms with Crippen molar-refractivity contribution in [2.24, 2.45) is 5.92 Å². The fourth-order valence-corrected chi connectivity index (χ4v) is 2.70. The predicted octanol–water partition coefficient (Wildman–Crippen LogP) is 2.43. The lowest BCUT2D eigenvalue weighted by Gasteiger charge is -2.23. The molecule has 0 spiro atoms. The minimum Gasteiger partial charge on any atom is -0.378 e. The molecule has 2 heterocycles. The summed E-state index contributed by atoms with van der Waals surface area (Å²) in [4.78, 5) is 22.9. The van der Waals surface area contributed by atoms with Crippen molar-refractivity contribution in [3.05, 3.63) is 60.2 Å². The van der Waals surface area contributed by atoms with Gasteiger partial charge < -0.3 is 9.64 Å². The zero-order chi connectivity index (χ0) is 16.1. The van der Waals surface area contributed by atoms with Crippen LogP contribution in [-0.2, 0) is 22.6 Å². The summed E-state index contributed by atoms with van der Waals surface area (Å²) in [5.74, 6) is 0.151. The summed E-state index contributed by atoms with van der Waals surface area (Å²) in [5, 5.41) is 0. The fraction of sp³-hybridized carbons (Fsp3) is 0.389. The van der Waals surface area contributed by atoms with E-state index >= 15 is 0 Å². The largest absolute Gasteiger partial charge is 0.378 e. The van der Waals surface area contributed by atoms with Gasteiger partial charge in [0, 0.05) is 44.5 Å². The molecular formula is C18H21N3O2. The van der Waals surface area contributed by atoms with Crippen LogP contribution >= 0.6 is 0 Å². The molecule has 23 heavy (non-hydrogen) atoms. The molecule has 0 aliphatic heterocycles. The van der Waals surface area contributed by atoms with Gasteiger partial charge in [0.25, 0.3) is 0 Å². The van der Waals surface area contributed by atoms with Gasteiger partial charge in [-0.05, 0) is 42.7 Å². The monoisotopic (exact) mass is 311 g/mol. The molecule has 0 bridgehead atoms. The van der Waals surface area contributed by atoms with Gasteiger partial charge in [0.1, 0.15) is 0 Å². The van der Waals surface area contributed by atoms with Crippen LogP contribution in [0.2, 0.25) is 0 Å². The van der Waals surface area contributed by atoms with E-state index in [1.54, 1.807) is 24.8 Å². The van der Waals surface area contributed by atoms with Crippen LogP contribution in [0.5, 0.6) is 0 Å². The molecule has 120 valence electrons. The average Bonchev–Trinajstić information content (AvgIpc) is 3.35. The van der Waals surface area contributed by atoms with Crippen molar-refractivity contribution in [3.8, 4) is 0 Å².